The van der Waals surface area contributed by atoms with Gasteiger partial charge in [0, 0.05) is 36.2 Å². The van der Waals surface area contributed by atoms with E-state index >= 15 is 0 Å². The van der Waals surface area contributed by atoms with Gasteiger partial charge < -0.3 is 5.32 Å². The van der Waals surface area contributed by atoms with E-state index in [0.29, 0.717) is 12.1 Å². The maximum Gasteiger partial charge on any atom is 0.0321 e. The SMILES string of the molecule is CC1CN(C(C)c2cccc(Br)c2)CCN1. The zero-order chi connectivity index (χ0) is 11.5. The number of nitrogens with one attached hydrogen (secondary N) is 1. The first-order chi connectivity index (χ1) is 7.66. The van der Waals surface area contributed by atoms with Gasteiger partial charge in [-0.15, -0.1) is 0 Å². The number of benzene rings is 1. The molecule has 0 aliphatic carbocycles. The molecule has 1 heterocycles. The van der Waals surface area contributed by atoms with E-state index in [9.17, 15) is 0 Å². The van der Waals surface area contributed by atoms with E-state index in [2.05, 4.69) is 64.3 Å². The fourth-order valence-electron chi connectivity index (χ4n) is 2.29. The molecule has 1 N–H and O–H groups in total. The van der Waals surface area contributed by atoms with Gasteiger partial charge in [0.25, 0.3) is 0 Å². The first-order valence-corrected chi connectivity index (χ1v) is 6.69. The van der Waals surface area contributed by atoms with Crippen LogP contribution in [-0.4, -0.2) is 30.6 Å². The van der Waals surface area contributed by atoms with Gasteiger partial charge in [0.2, 0.25) is 0 Å². The number of piperazine rings is 1. The number of halogens is 1. The highest BCUT2D eigenvalue weighted by Crippen LogP contribution is 2.23. The predicted molar refractivity (Wildman–Crippen MR) is 71.6 cm³/mol. The van der Waals surface area contributed by atoms with Crippen molar-refractivity contribution < 1.29 is 0 Å². The lowest BCUT2D eigenvalue weighted by atomic mass is 10.1. The zero-order valence-corrected chi connectivity index (χ0v) is 11.5. The van der Waals surface area contributed by atoms with E-state index in [1.54, 1.807) is 0 Å². The molecule has 1 saturated heterocycles. The average molecular weight is 283 g/mol. The van der Waals surface area contributed by atoms with Crippen molar-refractivity contribution in [1.29, 1.82) is 0 Å². The van der Waals surface area contributed by atoms with E-state index in [1.807, 2.05) is 0 Å². The van der Waals surface area contributed by atoms with Crippen molar-refractivity contribution in [1.82, 2.24) is 10.2 Å². The Kier molecular flexibility index (Phi) is 4.00. The number of rotatable bonds is 2. The van der Waals surface area contributed by atoms with E-state index in [-0.39, 0.29) is 0 Å². The second kappa shape index (κ2) is 5.30. The van der Waals surface area contributed by atoms with E-state index < -0.39 is 0 Å². The Labute approximate surface area is 106 Å². The fraction of sp³-hybridized carbons (Fsp3) is 0.538. The van der Waals surface area contributed by atoms with Crippen molar-refractivity contribution in [3.63, 3.8) is 0 Å². The normalized spacial score (nSPS) is 24.3. The van der Waals surface area contributed by atoms with Gasteiger partial charge in [-0.05, 0) is 31.5 Å². The Bertz CT molecular complexity index is 354. The largest absolute Gasteiger partial charge is 0.312 e. The van der Waals surface area contributed by atoms with E-state index in [1.165, 1.54) is 10.0 Å². The summed E-state index contributed by atoms with van der Waals surface area (Å²) < 4.78 is 1.17. The maximum atomic E-state index is 3.54. The van der Waals surface area contributed by atoms with Crippen LogP contribution < -0.4 is 5.32 Å². The fourth-order valence-corrected chi connectivity index (χ4v) is 2.71. The lowest BCUT2D eigenvalue weighted by Crippen LogP contribution is -2.49. The molecule has 1 aliphatic heterocycles. The van der Waals surface area contributed by atoms with Crippen LogP contribution in [0.15, 0.2) is 28.7 Å². The highest BCUT2D eigenvalue weighted by molar-refractivity contribution is 9.10. The quantitative estimate of drug-likeness (QED) is 0.898. The van der Waals surface area contributed by atoms with Crippen molar-refractivity contribution >= 4 is 15.9 Å². The molecule has 0 amide bonds. The Balaban J connectivity index is 2.09. The molecule has 0 bridgehead atoms. The summed E-state index contributed by atoms with van der Waals surface area (Å²) in [6, 6.07) is 9.72. The van der Waals surface area contributed by atoms with Crippen molar-refractivity contribution in [3.05, 3.63) is 34.3 Å². The molecule has 0 aromatic heterocycles. The van der Waals surface area contributed by atoms with Gasteiger partial charge in [-0.25, -0.2) is 0 Å². The highest BCUT2D eigenvalue weighted by atomic mass is 79.9. The molecule has 16 heavy (non-hydrogen) atoms. The minimum absolute atomic E-state index is 0.502. The summed E-state index contributed by atoms with van der Waals surface area (Å²) >= 11 is 3.54. The van der Waals surface area contributed by atoms with Crippen LogP contribution in [0.1, 0.15) is 25.5 Å². The molecule has 88 valence electrons. The Morgan fingerprint density at radius 3 is 3.00 bits per heavy atom. The third-order valence-corrected chi connectivity index (χ3v) is 3.77. The van der Waals surface area contributed by atoms with E-state index in [4.69, 9.17) is 0 Å². The minimum atomic E-state index is 0.502. The van der Waals surface area contributed by atoms with Gasteiger partial charge in [-0.3, -0.25) is 4.90 Å². The van der Waals surface area contributed by atoms with Crippen LogP contribution in [0.5, 0.6) is 0 Å². The van der Waals surface area contributed by atoms with Crippen LogP contribution in [0, 0.1) is 0 Å². The monoisotopic (exact) mass is 282 g/mol. The average Bonchev–Trinajstić information content (AvgIpc) is 2.28. The number of hydrogen-bond donors (Lipinski definition) is 1. The topological polar surface area (TPSA) is 15.3 Å². The Morgan fingerprint density at radius 2 is 2.31 bits per heavy atom. The highest BCUT2D eigenvalue weighted by Gasteiger charge is 2.21. The molecule has 1 fully saturated rings. The Hall–Kier alpha value is -0.380. The summed E-state index contributed by atoms with van der Waals surface area (Å²) in [6.45, 7) is 7.91. The van der Waals surface area contributed by atoms with Crippen LogP contribution in [-0.2, 0) is 0 Å². The van der Waals surface area contributed by atoms with Gasteiger partial charge in [0.1, 0.15) is 0 Å². The molecule has 1 aromatic carbocycles. The molecule has 2 atom stereocenters. The second-order valence-electron chi connectivity index (χ2n) is 4.58. The van der Waals surface area contributed by atoms with Crippen LogP contribution in [0.2, 0.25) is 0 Å². The maximum absolute atomic E-state index is 3.54. The standard InChI is InChI=1S/C13H19BrN2/c1-10-9-16(7-6-15-10)11(2)12-4-3-5-13(14)8-12/h3-5,8,10-11,15H,6-7,9H2,1-2H3. The van der Waals surface area contributed by atoms with Crippen molar-refractivity contribution in [2.75, 3.05) is 19.6 Å². The summed E-state index contributed by atoms with van der Waals surface area (Å²) in [7, 11) is 0. The van der Waals surface area contributed by atoms with Crippen LogP contribution in [0.4, 0.5) is 0 Å². The third-order valence-electron chi connectivity index (χ3n) is 3.28. The minimum Gasteiger partial charge on any atom is -0.312 e. The second-order valence-corrected chi connectivity index (χ2v) is 5.50. The zero-order valence-electron chi connectivity index (χ0n) is 9.91. The molecule has 0 radical (unpaired) electrons. The van der Waals surface area contributed by atoms with Gasteiger partial charge in [0.05, 0.1) is 0 Å². The van der Waals surface area contributed by atoms with Crippen LogP contribution in [0.3, 0.4) is 0 Å². The first kappa shape index (κ1) is 12.1. The summed E-state index contributed by atoms with van der Waals surface area (Å²) in [5.74, 6) is 0. The lowest BCUT2D eigenvalue weighted by molar-refractivity contribution is 0.158. The molecule has 2 rings (SSSR count). The van der Waals surface area contributed by atoms with Crippen molar-refractivity contribution in [2.45, 2.75) is 25.9 Å². The first-order valence-electron chi connectivity index (χ1n) is 5.89. The smallest absolute Gasteiger partial charge is 0.0321 e. The summed E-state index contributed by atoms with van der Waals surface area (Å²) in [4.78, 5) is 2.54. The lowest BCUT2D eigenvalue weighted by Gasteiger charge is -2.36. The third kappa shape index (κ3) is 2.84. The molecule has 3 heteroatoms. The molecule has 1 aromatic rings. The molecule has 0 saturated carbocycles. The number of hydrogen-bond acceptors (Lipinski definition) is 2. The van der Waals surface area contributed by atoms with Crippen molar-refractivity contribution in [3.8, 4) is 0 Å². The van der Waals surface area contributed by atoms with Crippen LogP contribution in [0.25, 0.3) is 0 Å². The van der Waals surface area contributed by atoms with Gasteiger partial charge >= 0.3 is 0 Å². The summed E-state index contributed by atoms with van der Waals surface area (Å²) in [6.07, 6.45) is 0. The van der Waals surface area contributed by atoms with Crippen molar-refractivity contribution in [2.24, 2.45) is 0 Å². The number of nitrogens with zero attached hydrogens (tertiary/aromatic N) is 1. The molecule has 2 nitrogen and oxygen atoms in total. The van der Waals surface area contributed by atoms with Gasteiger partial charge in [-0.2, -0.15) is 0 Å². The summed E-state index contributed by atoms with van der Waals surface area (Å²) in [5.41, 5.74) is 1.39. The molecular formula is C13H19BrN2. The Morgan fingerprint density at radius 1 is 1.50 bits per heavy atom. The summed E-state index contributed by atoms with van der Waals surface area (Å²) in [5, 5.41) is 3.48. The van der Waals surface area contributed by atoms with Gasteiger partial charge in [0.15, 0.2) is 0 Å². The molecule has 0 spiro atoms. The molecular weight excluding hydrogens is 264 g/mol. The van der Waals surface area contributed by atoms with Gasteiger partial charge in [-0.1, -0.05) is 28.1 Å². The predicted octanol–water partition coefficient (Wildman–Crippen LogP) is 2.80. The van der Waals surface area contributed by atoms with E-state index in [0.717, 1.165) is 19.6 Å². The molecule has 2 unspecified atom stereocenters. The van der Waals surface area contributed by atoms with Crippen LogP contribution >= 0.6 is 15.9 Å². The molecule has 1 aliphatic rings.